The summed E-state index contributed by atoms with van der Waals surface area (Å²) in [6, 6.07) is 2.72. The number of hydrogen-bond donors (Lipinski definition) is 1. The van der Waals surface area contributed by atoms with Crippen molar-refractivity contribution >= 4 is 10.1 Å². The lowest BCUT2D eigenvalue weighted by atomic mass is 10.5. The summed E-state index contributed by atoms with van der Waals surface area (Å²) in [7, 11) is -4.04. The summed E-state index contributed by atoms with van der Waals surface area (Å²) in [5.74, 6) is 0. The fourth-order valence-electron chi connectivity index (χ4n) is 0.826. The Kier molecular flexibility index (Phi) is 2.44. The van der Waals surface area contributed by atoms with Gasteiger partial charge in [0.1, 0.15) is 11.4 Å². The Morgan fingerprint density at radius 3 is 2.25 bits per heavy atom. The first-order valence-corrected chi connectivity index (χ1v) is 4.94. The molecule has 4 nitrogen and oxygen atoms in total. The summed E-state index contributed by atoms with van der Waals surface area (Å²) < 4.78 is 31.6. The van der Waals surface area contributed by atoms with Gasteiger partial charge in [-0.25, -0.2) is 4.57 Å². The van der Waals surface area contributed by atoms with E-state index in [1.165, 1.54) is 12.1 Å². The quantitative estimate of drug-likeness (QED) is 0.534. The molecule has 0 bridgehead atoms. The van der Waals surface area contributed by atoms with Gasteiger partial charge in [0.15, 0.2) is 12.4 Å². The van der Waals surface area contributed by atoms with Gasteiger partial charge in [-0.05, 0) is 6.92 Å². The predicted octanol–water partition coefficient (Wildman–Crippen LogP) is 0.241. The fourth-order valence-corrected chi connectivity index (χ4v) is 1.29. The number of rotatable bonds is 2. The van der Waals surface area contributed by atoms with Crippen molar-refractivity contribution in [2.24, 2.45) is 0 Å². The Morgan fingerprint density at radius 2 is 1.92 bits per heavy atom. The molecule has 66 valence electrons. The Bertz CT molecular complexity index is 355. The second kappa shape index (κ2) is 3.20. The number of nitrogens with zero attached hydrogens (tertiary/aromatic N) is 1. The molecule has 1 rings (SSSR count). The maximum absolute atomic E-state index is 10.6. The van der Waals surface area contributed by atoms with Crippen LogP contribution in [0.5, 0.6) is 0 Å². The van der Waals surface area contributed by atoms with Crippen LogP contribution in [0.1, 0.15) is 6.92 Å². The van der Waals surface area contributed by atoms with Crippen LogP contribution < -0.4 is 4.57 Å². The number of aryl methyl sites for hydroxylation is 1. The summed E-state index contributed by atoms with van der Waals surface area (Å²) in [6.07, 6.45) is 3.20. The van der Waals surface area contributed by atoms with E-state index in [1.54, 1.807) is 17.0 Å². The summed E-state index contributed by atoms with van der Waals surface area (Å²) >= 11 is 0. The van der Waals surface area contributed by atoms with Gasteiger partial charge in [0.25, 0.3) is 10.1 Å². The van der Waals surface area contributed by atoms with E-state index in [0.717, 1.165) is 6.54 Å². The molecular weight excluding hydrogens is 178 g/mol. The van der Waals surface area contributed by atoms with Gasteiger partial charge in [-0.2, -0.15) is 8.42 Å². The Morgan fingerprint density at radius 1 is 1.42 bits per heavy atom. The van der Waals surface area contributed by atoms with E-state index in [9.17, 15) is 8.42 Å². The zero-order valence-electron chi connectivity index (χ0n) is 6.64. The second-order valence-electron chi connectivity index (χ2n) is 2.34. The Hall–Kier alpha value is -0.940. The molecule has 1 aromatic heterocycles. The largest absolute Gasteiger partial charge is 0.294 e. The minimum atomic E-state index is -4.04. The highest BCUT2D eigenvalue weighted by atomic mass is 32.2. The average molecular weight is 188 g/mol. The van der Waals surface area contributed by atoms with Gasteiger partial charge >= 0.3 is 0 Å². The SMILES string of the molecule is CC[n+]1ccc(S(=O)(=O)O)cc1. The molecule has 0 amide bonds. The van der Waals surface area contributed by atoms with Crippen LogP contribution in [-0.2, 0) is 16.7 Å². The standard InChI is InChI=1S/C7H9NO3S/c1-2-8-5-3-7(4-6-8)12(9,10)11/h3-6H,2H2,1H3/p+1. The van der Waals surface area contributed by atoms with Crippen LogP contribution in [0.15, 0.2) is 29.4 Å². The second-order valence-corrected chi connectivity index (χ2v) is 3.76. The van der Waals surface area contributed by atoms with E-state index in [1.807, 2.05) is 6.92 Å². The lowest BCUT2D eigenvalue weighted by molar-refractivity contribution is -0.693. The van der Waals surface area contributed by atoms with Crippen LogP contribution in [0.4, 0.5) is 0 Å². The third-order valence-corrected chi connectivity index (χ3v) is 2.39. The summed E-state index contributed by atoms with van der Waals surface area (Å²) in [5.41, 5.74) is 0. The maximum Gasteiger partial charge on any atom is 0.294 e. The van der Waals surface area contributed by atoms with Gasteiger partial charge in [-0.15, -0.1) is 0 Å². The maximum atomic E-state index is 10.6. The lowest BCUT2D eigenvalue weighted by Gasteiger charge is -1.94. The normalized spacial score (nSPS) is 11.5. The highest BCUT2D eigenvalue weighted by Crippen LogP contribution is 2.03. The van der Waals surface area contributed by atoms with Crippen molar-refractivity contribution in [2.75, 3.05) is 0 Å². The van der Waals surface area contributed by atoms with Crippen LogP contribution >= 0.6 is 0 Å². The first-order chi connectivity index (χ1) is 5.54. The van der Waals surface area contributed by atoms with Gasteiger partial charge < -0.3 is 0 Å². The van der Waals surface area contributed by atoms with E-state index >= 15 is 0 Å². The van der Waals surface area contributed by atoms with Crippen molar-refractivity contribution in [2.45, 2.75) is 18.4 Å². The monoisotopic (exact) mass is 188 g/mol. The van der Waals surface area contributed by atoms with Crippen LogP contribution in [0.3, 0.4) is 0 Å². The molecule has 1 heterocycles. The van der Waals surface area contributed by atoms with Crippen molar-refractivity contribution in [3.05, 3.63) is 24.5 Å². The van der Waals surface area contributed by atoms with Crippen LogP contribution in [0.2, 0.25) is 0 Å². The molecule has 0 fully saturated rings. The smallest absolute Gasteiger partial charge is 0.282 e. The van der Waals surface area contributed by atoms with Gasteiger partial charge in [0.2, 0.25) is 0 Å². The molecule has 12 heavy (non-hydrogen) atoms. The fraction of sp³-hybridized carbons (Fsp3) is 0.286. The molecule has 0 saturated carbocycles. The molecule has 0 aliphatic heterocycles. The third-order valence-electron chi connectivity index (χ3n) is 1.52. The Balaban J connectivity index is 3.09. The van der Waals surface area contributed by atoms with Crippen molar-refractivity contribution in [3.8, 4) is 0 Å². The minimum absolute atomic E-state index is 0.0767. The molecule has 1 aromatic rings. The molecule has 0 unspecified atom stereocenters. The van der Waals surface area contributed by atoms with Crippen LogP contribution in [-0.4, -0.2) is 13.0 Å². The first-order valence-electron chi connectivity index (χ1n) is 3.50. The molecule has 0 aliphatic rings. The molecule has 0 aliphatic carbocycles. The van der Waals surface area contributed by atoms with Crippen molar-refractivity contribution < 1.29 is 17.5 Å². The molecule has 0 aromatic carbocycles. The molecule has 0 radical (unpaired) electrons. The Labute approximate surface area is 71.2 Å². The number of hydrogen-bond acceptors (Lipinski definition) is 2. The summed E-state index contributed by atoms with van der Waals surface area (Å²) in [5, 5.41) is 0. The highest BCUT2D eigenvalue weighted by Gasteiger charge is 2.10. The molecule has 0 saturated heterocycles. The highest BCUT2D eigenvalue weighted by molar-refractivity contribution is 7.85. The zero-order valence-corrected chi connectivity index (χ0v) is 7.45. The molecule has 5 heteroatoms. The minimum Gasteiger partial charge on any atom is -0.282 e. The van der Waals surface area contributed by atoms with Gasteiger partial charge in [-0.3, -0.25) is 4.55 Å². The summed E-state index contributed by atoms with van der Waals surface area (Å²) in [4.78, 5) is -0.0767. The van der Waals surface area contributed by atoms with Crippen LogP contribution in [0.25, 0.3) is 0 Å². The molecular formula is C7H10NO3S+. The van der Waals surface area contributed by atoms with Crippen molar-refractivity contribution in [1.82, 2.24) is 0 Å². The van der Waals surface area contributed by atoms with Gasteiger partial charge in [0.05, 0.1) is 0 Å². The predicted molar refractivity (Wildman–Crippen MR) is 42.1 cm³/mol. The average Bonchev–Trinajstić information content (AvgIpc) is 2.03. The third kappa shape index (κ3) is 2.02. The van der Waals surface area contributed by atoms with E-state index in [4.69, 9.17) is 4.55 Å². The van der Waals surface area contributed by atoms with E-state index in [2.05, 4.69) is 0 Å². The first kappa shape index (κ1) is 9.15. The topological polar surface area (TPSA) is 58.2 Å². The lowest BCUT2D eigenvalue weighted by Crippen LogP contribution is -2.30. The van der Waals surface area contributed by atoms with Gasteiger partial charge in [0, 0.05) is 12.1 Å². The van der Waals surface area contributed by atoms with Gasteiger partial charge in [-0.1, -0.05) is 0 Å². The van der Waals surface area contributed by atoms with Crippen molar-refractivity contribution in [3.63, 3.8) is 0 Å². The number of aromatic nitrogens is 1. The number of pyridine rings is 1. The molecule has 1 N–H and O–H groups in total. The zero-order chi connectivity index (χ0) is 9.19. The molecule has 0 spiro atoms. The van der Waals surface area contributed by atoms with Crippen LogP contribution in [0, 0.1) is 0 Å². The van der Waals surface area contributed by atoms with E-state index in [-0.39, 0.29) is 4.90 Å². The summed E-state index contributed by atoms with van der Waals surface area (Å²) in [6.45, 7) is 2.71. The van der Waals surface area contributed by atoms with E-state index in [0.29, 0.717) is 0 Å². The van der Waals surface area contributed by atoms with E-state index < -0.39 is 10.1 Å². The molecule has 0 atom stereocenters. The van der Waals surface area contributed by atoms with Crippen molar-refractivity contribution in [1.29, 1.82) is 0 Å².